The first-order chi connectivity index (χ1) is 10.2. The maximum atomic E-state index is 12.0. The molecular weight excluding hydrogens is 258 g/mol. The molecule has 2 nitrogen and oxygen atoms in total. The minimum atomic E-state index is -0.0123. The molecule has 0 spiro atoms. The van der Waals surface area contributed by atoms with E-state index in [0.717, 1.165) is 16.6 Å². The van der Waals surface area contributed by atoms with E-state index in [4.69, 9.17) is 0 Å². The molecular formula is C19H15NO. The van der Waals surface area contributed by atoms with Crippen LogP contribution in [0.3, 0.4) is 0 Å². The van der Waals surface area contributed by atoms with Crippen LogP contribution in [0.4, 0.5) is 0 Å². The van der Waals surface area contributed by atoms with E-state index in [9.17, 15) is 4.79 Å². The van der Waals surface area contributed by atoms with E-state index in [0.29, 0.717) is 5.56 Å². The number of aromatic nitrogens is 1. The van der Waals surface area contributed by atoms with Gasteiger partial charge in [0.05, 0.1) is 11.2 Å². The van der Waals surface area contributed by atoms with Crippen molar-refractivity contribution in [1.82, 2.24) is 4.98 Å². The van der Waals surface area contributed by atoms with Gasteiger partial charge in [-0.15, -0.1) is 0 Å². The van der Waals surface area contributed by atoms with Crippen molar-refractivity contribution in [2.45, 2.75) is 6.92 Å². The molecule has 0 radical (unpaired) electrons. The van der Waals surface area contributed by atoms with Crippen molar-refractivity contribution in [3.63, 3.8) is 0 Å². The minimum Gasteiger partial charge on any atom is -0.289 e. The number of nitrogens with zero attached hydrogens (tertiary/aromatic N) is 1. The van der Waals surface area contributed by atoms with Crippen molar-refractivity contribution in [3.05, 3.63) is 83.6 Å². The first kappa shape index (κ1) is 13.3. The average Bonchev–Trinajstić information content (AvgIpc) is 2.53. The number of hydrogen-bond acceptors (Lipinski definition) is 2. The van der Waals surface area contributed by atoms with E-state index in [2.05, 4.69) is 17.1 Å². The summed E-state index contributed by atoms with van der Waals surface area (Å²) in [6, 6.07) is 19.4. The van der Waals surface area contributed by atoms with Gasteiger partial charge in [0.1, 0.15) is 0 Å². The molecule has 21 heavy (non-hydrogen) atoms. The van der Waals surface area contributed by atoms with Crippen LogP contribution in [-0.2, 0) is 0 Å². The summed E-state index contributed by atoms with van der Waals surface area (Å²) < 4.78 is 0. The third-order valence-electron chi connectivity index (χ3n) is 3.33. The zero-order valence-electron chi connectivity index (χ0n) is 11.8. The van der Waals surface area contributed by atoms with Crippen molar-refractivity contribution < 1.29 is 4.79 Å². The second-order valence-electron chi connectivity index (χ2n) is 5.00. The van der Waals surface area contributed by atoms with Gasteiger partial charge >= 0.3 is 0 Å². The second kappa shape index (κ2) is 5.71. The largest absolute Gasteiger partial charge is 0.289 e. The molecule has 0 N–H and O–H groups in total. The Morgan fingerprint density at radius 3 is 2.57 bits per heavy atom. The molecule has 0 aliphatic heterocycles. The van der Waals surface area contributed by atoms with Gasteiger partial charge in [-0.1, -0.05) is 48.5 Å². The minimum absolute atomic E-state index is 0.0123. The normalized spacial score (nSPS) is 11.1. The van der Waals surface area contributed by atoms with Crippen molar-refractivity contribution in [2.24, 2.45) is 0 Å². The summed E-state index contributed by atoms with van der Waals surface area (Å²) in [6.07, 6.45) is 3.33. The second-order valence-corrected chi connectivity index (χ2v) is 5.00. The quantitative estimate of drug-likeness (QED) is 0.521. The lowest BCUT2D eigenvalue weighted by molar-refractivity contribution is 0.104. The standard InChI is InChI=1S/C19H15NO/c1-14-7-8-15-9-10-17(20-18(15)13-14)11-12-19(21)16-5-3-2-4-6-16/h2-13H,1H3/b12-11+. The Bertz CT molecular complexity index is 819. The third kappa shape index (κ3) is 3.06. The molecule has 0 fully saturated rings. The maximum Gasteiger partial charge on any atom is 0.185 e. The predicted molar refractivity (Wildman–Crippen MR) is 86.3 cm³/mol. The Kier molecular flexibility index (Phi) is 3.61. The van der Waals surface area contributed by atoms with Gasteiger partial charge in [-0.3, -0.25) is 4.79 Å². The molecule has 1 heterocycles. The highest BCUT2D eigenvalue weighted by atomic mass is 16.1. The van der Waals surface area contributed by atoms with Gasteiger partial charge in [0, 0.05) is 10.9 Å². The molecule has 0 unspecified atom stereocenters. The monoisotopic (exact) mass is 273 g/mol. The highest BCUT2D eigenvalue weighted by Crippen LogP contribution is 2.15. The number of ketones is 1. The van der Waals surface area contributed by atoms with Crippen LogP contribution < -0.4 is 0 Å². The van der Waals surface area contributed by atoms with Crippen LogP contribution in [0.15, 0.2) is 66.7 Å². The van der Waals surface area contributed by atoms with E-state index in [-0.39, 0.29) is 5.78 Å². The molecule has 0 saturated heterocycles. The molecule has 0 amide bonds. The van der Waals surface area contributed by atoms with Crippen LogP contribution in [0.2, 0.25) is 0 Å². The lowest BCUT2D eigenvalue weighted by Crippen LogP contribution is -1.93. The van der Waals surface area contributed by atoms with Gasteiger partial charge in [-0.2, -0.15) is 0 Å². The van der Waals surface area contributed by atoms with Gasteiger partial charge in [0.25, 0.3) is 0 Å². The summed E-state index contributed by atoms with van der Waals surface area (Å²) in [5.74, 6) is -0.0123. The number of carbonyl (C=O) groups is 1. The summed E-state index contributed by atoms with van der Waals surface area (Å²) in [5, 5.41) is 1.10. The Morgan fingerprint density at radius 2 is 1.76 bits per heavy atom. The summed E-state index contributed by atoms with van der Waals surface area (Å²) in [6.45, 7) is 2.04. The van der Waals surface area contributed by atoms with Crippen LogP contribution in [-0.4, -0.2) is 10.8 Å². The maximum absolute atomic E-state index is 12.0. The SMILES string of the molecule is Cc1ccc2ccc(/C=C/C(=O)c3ccccc3)nc2c1. The van der Waals surface area contributed by atoms with E-state index < -0.39 is 0 Å². The van der Waals surface area contributed by atoms with E-state index in [1.807, 2.05) is 55.5 Å². The Balaban J connectivity index is 1.87. The molecule has 0 bridgehead atoms. The zero-order chi connectivity index (χ0) is 14.7. The molecule has 3 aromatic rings. The first-order valence-corrected chi connectivity index (χ1v) is 6.87. The van der Waals surface area contributed by atoms with Crippen LogP contribution >= 0.6 is 0 Å². The van der Waals surface area contributed by atoms with Crippen molar-refractivity contribution in [1.29, 1.82) is 0 Å². The van der Waals surface area contributed by atoms with E-state index in [1.54, 1.807) is 12.2 Å². The number of hydrogen-bond donors (Lipinski definition) is 0. The fourth-order valence-corrected chi connectivity index (χ4v) is 2.20. The van der Waals surface area contributed by atoms with Crippen LogP contribution in [0.5, 0.6) is 0 Å². The zero-order valence-corrected chi connectivity index (χ0v) is 11.8. The molecule has 0 aliphatic carbocycles. The summed E-state index contributed by atoms with van der Waals surface area (Å²) in [7, 11) is 0. The van der Waals surface area contributed by atoms with E-state index >= 15 is 0 Å². The number of aryl methyl sites for hydroxylation is 1. The molecule has 3 rings (SSSR count). The van der Waals surface area contributed by atoms with Crippen molar-refractivity contribution in [3.8, 4) is 0 Å². The Hall–Kier alpha value is -2.74. The predicted octanol–water partition coefficient (Wildman–Crippen LogP) is 4.44. The Morgan fingerprint density at radius 1 is 1.00 bits per heavy atom. The first-order valence-electron chi connectivity index (χ1n) is 6.87. The highest BCUT2D eigenvalue weighted by molar-refractivity contribution is 6.06. The molecule has 0 aliphatic rings. The average molecular weight is 273 g/mol. The summed E-state index contributed by atoms with van der Waals surface area (Å²) in [5.41, 5.74) is 3.60. The van der Waals surface area contributed by atoms with Crippen molar-refractivity contribution in [2.75, 3.05) is 0 Å². The van der Waals surface area contributed by atoms with E-state index in [1.165, 1.54) is 5.56 Å². The summed E-state index contributed by atoms with van der Waals surface area (Å²) in [4.78, 5) is 16.6. The van der Waals surface area contributed by atoms with Gasteiger partial charge in [-0.05, 0) is 36.8 Å². The van der Waals surface area contributed by atoms with Crippen LogP contribution in [0, 0.1) is 6.92 Å². The fourth-order valence-electron chi connectivity index (χ4n) is 2.20. The van der Waals surface area contributed by atoms with Gasteiger partial charge in [0.15, 0.2) is 5.78 Å². The van der Waals surface area contributed by atoms with Gasteiger partial charge < -0.3 is 0 Å². The lowest BCUT2D eigenvalue weighted by Gasteiger charge is -2.00. The summed E-state index contributed by atoms with van der Waals surface area (Å²) >= 11 is 0. The molecule has 0 atom stereocenters. The van der Waals surface area contributed by atoms with Crippen LogP contribution in [0.1, 0.15) is 21.6 Å². The lowest BCUT2D eigenvalue weighted by atomic mass is 10.1. The number of fused-ring (bicyclic) bond motifs is 1. The Labute approximate surface area is 123 Å². The van der Waals surface area contributed by atoms with Gasteiger partial charge in [0.2, 0.25) is 0 Å². The smallest absolute Gasteiger partial charge is 0.185 e. The van der Waals surface area contributed by atoms with Crippen LogP contribution in [0.25, 0.3) is 17.0 Å². The topological polar surface area (TPSA) is 30.0 Å². The molecule has 2 heteroatoms. The number of allylic oxidation sites excluding steroid dienone is 1. The molecule has 2 aromatic carbocycles. The molecule has 102 valence electrons. The highest BCUT2D eigenvalue weighted by Gasteiger charge is 2.01. The fraction of sp³-hybridized carbons (Fsp3) is 0.0526. The third-order valence-corrected chi connectivity index (χ3v) is 3.33. The van der Waals surface area contributed by atoms with Crippen molar-refractivity contribution >= 4 is 22.8 Å². The number of rotatable bonds is 3. The number of benzene rings is 2. The number of carbonyl (C=O) groups excluding carboxylic acids is 1. The number of pyridine rings is 1. The van der Waals surface area contributed by atoms with Gasteiger partial charge in [-0.25, -0.2) is 4.98 Å². The molecule has 0 saturated carbocycles. The molecule has 1 aromatic heterocycles.